The van der Waals surface area contributed by atoms with Crippen molar-refractivity contribution in [2.75, 3.05) is 6.61 Å². The third-order valence-corrected chi connectivity index (χ3v) is 4.17. The van der Waals surface area contributed by atoms with Crippen LogP contribution >= 0.6 is 7.82 Å². The number of nitrogens with zero attached hydrogens (tertiary/aromatic N) is 1. The molecule has 1 aromatic heterocycles. The Morgan fingerprint density at radius 1 is 1.50 bits per heavy atom. The first kappa shape index (κ1) is 18.6. The largest absolute Gasteiger partial charge is 0.469 e. The Bertz CT molecular complexity index is 803. The van der Waals surface area contributed by atoms with Crippen LogP contribution in [0.4, 0.5) is 0 Å². The molecule has 24 heavy (non-hydrogen) atoms. The van der Waals surface area contributed by atoms with Crippen LogP contribution < -0.4 is 11.2 Å². The van der Waals surface area contributed by atoms with E-state index in [4.69, 9.17) is 20.9 Å². The Morgan fingerprint density at radius 3 is 2.75 bits per heavy atom. The van der Waals surface area contributed by atoms with Gasteiger partial charge in [-0.15, -0.1) is 12.3 Å². The lowest BCUT2D eigenvalue weighted by molar-refractivity contribution is -0.0472. The van der Waals surface area contributed by atoms with Gasteiger partial charge in [-0.05, 0) is 6.92 Å². The van der Waals surface area contributed by atoms with Crippen LogP contribution in [0.1, 0.15) is 18.2 Å². The first-order chi connectivity index (χ1) is 11.1. The van der Waals surface area contributed by atoms with Gasteiger partial charge >= 0.3 is 13.5 Å². The Kier molecular flexibility index (Phi) is 5.45. The van der Waals surface area contributed by atoms with Gasteiger partial charge in [-0.25, -0.2) is 9.36 Å². The number of aryl methyl sites for hydroxylation is 1. The minimum absolute atomic E-state index is 0.0445. The van der Waals surface area contributed by atoms with E-state index in [0.717, 1.165) is 4.57 Å². The number of aliphatic hydroxyl groups is 1. The highest BCUT2D eigenvalue weighted by Crippen LogP contribution is 2.40. The third kappa shape index (κ3) is 4.02. The second-order valence-corrected chi connectivity index (χ2v) is 6.63. The molecule has 4 atom stereocenters. The molecular weight excluding hydrogens is 343 g/mol. The van der Waals surface area contributed by atoms with Crippen LogP contribution in [0.15, 0.2) is 15.8 Å². The van der Waals surface area contributed by atoms with Crippen LogP contribution in [0.5, 0.6) is 0 Å². The van der Waals surface area contributed by atoms with Crippen molar-refractivity contribution in [3.63, 3.8) is 0 Å². The Labute approximate surface area is 136 Å². The molecule has 1 aliphatic heterocycles. The summed E-state index contributed by atoms with van der Waals surface area (Å²) in [5.41, 5.74) is -1.05. The van der Waals surface area contributed by atoms with Crippen molar-refractivity contribution in [1.29, 1.82) is 0 Å². The number of hydrogen-bond acceptors (Lipinski definition) is 6. The zero-order chi connectivity index (χ0) is 18.1. The van der Waals surface area contributed by atoms with E-state index in [2.05, 4.69) is 15.4 Å². The molecule has 0 bridgehead atoms. The summed E-state index contributed by atoms with van der Waals surface area (Å²) in [4.78, 5) is 43.1. The summed E-state index contributed by atoms with van der Waals surface area (Å²) < 4.78 is 21.8. The molecule has 132 valence electrons. The summed E-state index contributed by atoms with van der Waals surface area (Å²) in [5.74, 6) is 1.64. The Balaban J connectivity index is 2.33. The van der Waals surface area contributed by atoms with Gasteiger partial charge in [0.2, 0.25) is 0 Å². The summed E-state index contributed by atoms with van der Waals surface area (Å²) in [6.07, 6.45) is 3.27. The maximum atomic E-state index is 12.0. The standard InChI is InChI=1S/C13H17N2O8P/c1-3-4-8-10(16)9(6-22-24(19,20)21)23-12(8)15-5-7(2)11(17)14-13(15)18/h1,5,8-10,12,16H,4,6H2,2H3,(H,14,17,18)(H2,19,20,21)/t8-,9-,10+,12-/m1/s1. The maximum Gasteiger partial charge on any atom is 0.469 e. The Morgan fingerprint density at radius 2 is 2.17 bits per heavy atom. The van der Waals surface area contributed by atoms with Crippen molar-refractivity contribution in [3.8, 4) is 12.3 Å². The van der Waals surface area contributed by atoms with E-state index >= 15 is 0 Å². The van der Waals surface area contributed by atoms with Crippen molar-refractivity contribution in [2.45, 2.75) is 31.8 Å². The van der Waals surface area contributed by atoms with Gasteiger partial charge in [0.05, 0.1) is 12.7 Å². The average molecular weight is 360 g/mol. The molecule has 2 heterocycles. The van der Waals surface area contributed by atoms with Crippen LogP contribution in [-0.2, 0) is 13.8 Å². The SMILES string of the molecule is C#CC[C@@H]1[C@H](O)[C@@H](COP(=O)(O)O)O[C@H]1n1cc(C)c(=O)[nH]c1=O. The topological polar surface area (TPSA) is 151 Å². The zero-order valence-electron chi connectivity index (χ0n) is 12.7. The predicted octanol–water partition coefficient (Wildman–Crippen LogP) is -1.15. The monoisotopic (exact) mass is 360 g/mol. The number of aliphatic hydroxyl groups excluding tert-OH is 1. The highest BCUT2D eigenvalue weighted by molar-refractivity contribution is 7.46. The third-order valence-electron chi connectivity index (χ3n) is 3.68. The smallest absolute Gasteiger partial charge is 0.390 e. The molecule has 4 N–H and O–H groups in total. The molecular formula is C13H17N2O8P. The van der Waals surface area contributed by atoms with Crippen molar-refractivity contribution < 1.29 is 28.7 Å². The number of phosphoric acid groups is 1. The number of H-pyrrole nitrogens is 1. The molecule has 1 aliphatic rings. The van der Waals surface area contributed by atoms with Crippen molar-refractivity contribution in [3.05, 3.63) is 32.6 Å². The van der Waals surface area contributed by atoms with Gasteiger partial charge in [-0.2, -0.15) is 0 Å². The van der Waals surface area contributed by atoms with E-state index in [1.807, 2.05) is 0 Å². The number of ether oxygens (including phenoxy) is 1. The average Bonchev–Trinajstić information content (AvgIpc) is 2.78. The van der Waals surface area contributed by atoms with Gasteiger partial charge in [0, 0.05) is 24.1 Å². The molecule has 0 aromatic carbocycles. The summed E-state index contributed by atoms with van der Waals surface area (Å²) >= 11 is 0. The lowest BCUT2D eigenvalue weighted by Gasteiger charge is -2.20. The molecule has 1 saturated heterocycles. The summed E-state index contributed by atoms with van der Waals surface area (Å²) in [5, 5.41) is 10.3. The van der Waals surface area contributed by atoms with E-state index in [-0.39, 0.29) is 12.0 Å². The predicted molar refractivity (Wildman–Crippen MR) is 80.9 cm³/mol. The number of rotatable bonds is 5. The second kappa shape index (κ2) is 7.03. The number of nitrogens with one attached hydrogen (secondary N) is 1. The highest BCUT2D eigenvalue weighted by Gasteiger charge is 2.45. The lowest BCUT2D eigenvalue weighted by atomic mass is 9.96. The van der Waals surface area contributed by atoms with Crippen molar-refractivity contribution in [1.82, 2.24) is 9.55 Å². The van der Waals surface area contributed by atoms with Crippen molar-refractivity contribution >= 4 is 7.82 Å². The molecule has 0 spiro atoms. The van der Waals surface area contributed by atoms with Gasteiger partial charge in [0.15, 0.2) is 0 Å². The highest BCUT2D eigenvalue weighted by atomic mass is 31.2. The van der Waals surface area contributed by atoms with Crippen LogP contribution in [0, 0.1) is 25.2 Å². The second-order valence-electron chi connectivity index (χ2n) is 5.39. The maximum absolute atomic E-state index is 12.0. The van der Waals surface area contributed by atoms with Crippen LogP contribution in [-0.4, -0.2) is 43.3 Å². The molecule has 0 amide bonds. The van der Waals surface area contributed by atoms with E-state index in [1.54, 1.807) is 0 Å². The summed E-state index contributed by atoms with van der Waals surface area (Å²) in [6.45, 7) is 0.908. The van der Waals surface area contributed by atoms with E-state index in [1.165, 1.54) is 13.1 Å². The number of aromatic nitrogens is 2. The first-order valence-electron chi connectivity index (χ1n) is 6.93. The number of terminal acetylenes is 1. The van der Waals surface area contributed by atoms with E-state index in [0.29, 0.717) is 0 Å². The van der Waals surface area contributed by atoms with Gasteiger partial charge in [0.1, 0.15) is 12.3 Å². The molecule has 1 fully saturated rings. The van der Waals surface area contributed by atoms with E-state index in [9.17, 15) is 19.3 Å². The molecule has 11 heteroatoms. The van der Waals surface area contributed by atoms with Crippen LogP contribution in [0.3, 0.4) is 0 Å². The van der Waals surface area contributed by atoms with Crippen molar-refractivity contribution in [2.24, 2.45) is 5.92 Å². The van der Waals surface area contributed by atoms with Gasteiger partial charge in [0.25, 0.3) is 5.56 Å². The van der Waals surface area contributed by atoms with E-state index < -0.39 is 50.0 Å². The molecule has 0 saturated carbocycles. The molecule has 0 radical (unpaired) electrons. The lowest BCUT2D eigenvalue weighted by Crippen LogP contribution is -2.36. The number of phosphoric ester groups is 1. The van der Waals surface area contributed by atoms with Gasteiger partial charge in [-0.1, -0.05) is 0 Å². The van der Waals surface area contributed by atoms with Gasteiger partial charge in [-0.3, -0.25) is 18.9 Å². The molecule has 0 aliphatic carbocycles. The number of hydrogen-bond donors (Lipinski definition) is 4. The van der Waals surface area contributed by atoms with Crippen LogP contribution in [0.25, 0.3) is 0 Å². The minimum Gasteiger partial charge on any atom is -0.390 e. The van der Waals surface area contributed by atoms with Gasteiger partial charge < -0.3 is 19.6 Å². The summed E-state index contributed by atoms with van der Waals surface area (Å²) in [6, 6.07) is 0. The Hall–Kier alpha value is -1.73. The molecule has 2 rings (SSSR count). The fourth-order valence-electron chi connectivity index (χ4n) is 2.52. The number of aromatic amines is 1. The zero-order valence-corrected chi connectivity index (χ0v) is 13.6. The summed E-state index contributed by atoms with van der Waals surface area (Å²) in [7, 11) is -4.74. The molecule has 1 aromatic rings. The molecule has 0 unspecified atom stereocenters. The fourth-order valence-corrected chi connectivity index (χ4v) is 2.86. The normalized spacial score (nSPS) is 27.1. The fraction of sp³-hybridized carbons (Fsp3) is 0.538. The first-order valence-corrected chi connectivity index (χ1v) is 8.46. The quantitative estimate of drug-likeness (QED) is 0.380. The molecule has 10 nitrogen and oxygen atoms in total. The van der Waals surface area contributed by atoms with Crippen LogP contribution in [0.2, 0.25) is 0 Å². The minimum atomic E-state index is -4.74.